The highest BCUT2D eigenvalue weighted by Crippen LogP contribution is 2.59. The topological polar surface area (TPSA) is 90.4 Å². The lowest BCUT2D eigenvalue weighted by molar-refractivity contribution is -0.153. The van der Waals surface area contributed by atoms with Crippen molar-refractivity contribution in [2.75, 3.05) is 32.8 Å². The van der Waals surface area contributed by atoms with Gasteiger partial charge in [-0.25, -0.2) is 0 Å². The normalized spacial score (nSPS) is 27.2. The first-order valence-corrected chi connectivity index (χ1v) is 15.7. The number of rotatable bonds is 16. The number of carbonyl (C=O) groups is 3. The van der Waals surface area contributed by atoms with Crippen molar-refractivity contribution in [1.82, 2.24) is 14.7 Å². The summed E-state index contributed by atoms with van der Waals surface area (Å²) in [5.41, 5.74) is -1.51. The van der Waals surface area contributed by atoms with Gasteiger partial charge in [0.15, 0.2) is 0 Å². The predicted molar refractivity (Wildman–Crippen MR) is 162 cm³/mol. The van der Waals surface area contributed by atoms with E-state index in [0.717, 1.165) is 38.5 Å². The van der Waals surface area contributed by atoms with Crippen molar-refractivity contribution in [2.45, 2.75) is 116 Å². The molecule has 1 spiro atoms. The van der Waals surface area contributed by atoms with Gasteiger partial charge in [0.1, 0.15) is 11.6 Å². The van der Waals surface area contributed by atoms with Gasteiger partial charge in [-0.3, -0.25) is 14.4 Å². The summed E-state index contributed by atoms with van der Waals surface area (Å²) in [4.78, 5) is 48.5. The molecule has 5 atom stereocenters. The van der Waals surface area contributed by atoms with E-state index in [1.807, 2.05) is 11.8 Å². The van der Waals surface area contributed by atoms with Crippen LogP contribution in [0.2, 0.25) is 0 Å². The average Bonchev–Trinajstić information content (AvgIpc) is 3.52. The summed E-state index contributed by atoms with van der Waals surface area (Å²) in [6, 6.07) is -0.779. The van der Waals surface area contributed by atoms with E-state index >= 15 is 0 Å². The molecular weight excluding hydrogens is 518 g/mol. The second-order valence-corrected chi connectivity index (χ2v) is 14.1. The van der Waals surface area contributed by atoms with Crippen molar-refractivity contribution in [3.8, 4) is 0 Å². The van der Waals surface area contributed by atoms with Gasteiger partial charge in [-0.2, -0.15) is 0 Å². The van der Waals surface area contributed by atoms with Gasteiger partial charge in [-0.15, -0.1) is 13.2 Å². The Kier molecular flexibility index (Phi) is 10.9. The first-order valence-electron chi connectivity index (χ1n) is 15.7. The maximum Gasteiger partial charge on any atom is 0.249 e. The Hall–Kier alpha value is -2.19. The molecule has 3 aliphatic rings. The molecule has 2 unspecified atom stereocenters. The number of aliphatic hydroxyl groups excluding tert-OH is 1. The summed E-state index contributed by atoms with van der Waals surface area (Å²) in [6.07, 6.45) is 9.11. The van der Waals surface area contributed by atoms with Crippen molar-refractivity contribution < 1.29 is 24.2 Å². The van der Waals surface area contributed by atoms with Gasteiger partial charge in [-0.1, -0.05) is 52.7 Å². The summed E-state index contributed by atoms with van der Waals surface area (Å²) in [5.74, 6) is -1.57. The van der Waals surface area contributed by atoms with Gasteiger partial charge >= 0.3 is 0 Å². The van der Waals surface area contributed by atoms with Crippen LogP contribution in [0.15, 0.2) is 25.3 Å². The molecule has 0 radical (unpaired) electrons. The van der Waals surface area contributed by atoms with E-state index in [1.165, 1.54) is 0 Å². The van der Waals surface area contributed by atoms with E-state index < -0.39 is 29.0 Å². The maximum atomic E-state index is 14.8. The van der Waals surface area contributed by atoms with Crippen molar-refractivity contribution in [1.29, 1.82) is 0 Å². The largest absolute Gasteiger partial charge is 0.396 e. The summed E-state index contributed by atoms with van der Waals surface area (Å²) in [5, 5.41) is 9.20. The van der Waals surface area contributed by atoms with E-state index in [9.17, 15) is 19.5 Å². The molecule has 0 saturated carbocycles. The van der Waals surface area contributed by atoms with Crippen LogP contribution in [0, 0.1) is 17.3 Å². The van der Waals surface area contributed by atoms with Crippen LogP contribution in [0.5, 0.6) is 0 Å². The Labute approximate surface area is 248 Å². The summed E-state index contributed by atoms with van der Waals surface area (Å²) < 4.78 is 6.70. The zero-order valence-corrected chi connectivity index (χ0v) is 26.5. The number of aliphatic hydroxyl groups is 1. The summed E-state index contributed by atoms with van der Waals surface area (Å²) >= 11 is 0. The Morgan fingerprint density at radius 3 is 2.32 bits per heavy atom. The number of amides is 3. The average molecular weight is 574 g/mol. The minimum absolute atomic E-state index is 0.0182. The number of hydrogen-bond acceptors (Lipinski definition) is 5. The van der Waals surface area contributed by atoms with Crippen LogP contribution in [0.4, 0.5) is 0 Å². The summed E-state index contributed by atoms with van der Waals surface area (Å²) in [7, 11) is 0. The fourth-order valence-electron chi connectivity index (χ4n) is 7.94. The molecule has 232 valence electrons. The molecule has 0 aromatic rings. The van der Waals surface area contributed by atoms with Crippen LogP contribution in [0.1, 0.15) is 92.9 Å². The van der Waals surface area contributed by atoms with E-state index in [0.29, 0.717) is 39.0 Å². The molecule has 3 heterocycles. The molecule has 0 aromatic carbocycles. The monoisotopic (exact) mass is 573 g/mol. The van der Waals surface area contributed by atoms with Crippen molar-refractivity contribution in [2.24, 2.45) is 17.3 Å². The van der Waals surface area contributed by atoms with Crippen LogP contribution in [-0.4, -0.2) is 93.6 Å². The number of hydrogen-bond donors (Lipinski definition) is 1. The molecule has 3 rings (SSSR count). The van der Waals surface area contributed by atoms with Gasteiger partial charge in [0.25, 0.3) is 0 Å². The smallest absolute Gasteiger partial charge is 0.249 e. The molecular formula is C33H55N3O5. The zero-order valence-electron chi connectivity index (χ0n) is 26.5. The highest BCUT2D eigenvalue weighted by atomic mass is 16.5. The van der Waals surface area contributed by atoms with Crippen molar-refractivity contribution >= 4 is 17.7 Å². The van der Waals surface area contributed by atoms with Gasteiger partial charge < -0.3 is 24.5 Å². The number of carbonyl (C=O) groups excluding carboxylic acids is 3. The first-order chi connectivity index (χ1) is 19.3. The molecule has 3 saturated heterocycles. The Bertz CT molecular complexity index is 972. The molecule has 1 N–H and O–H groups in total. The van der Waals surface area contributed by atoms with Crippen LogP contribution in [0.3, 0.4) is 0 Å². The fraction of sp³-hybridized carbons (Fsp3) is 0.788. The van der Waals surface area contributed by atoms with E-state index in [-0.39, 0.29) is 35.8 Å². The van der Waals surface area contributed by atoms with Crippen LogP contribution in [-0.2, 0) is 19.1 Å². The number of likely N-dealkylation sites (tertiary alicyclic amines) is 1. The third kappa shape index (κ3) is 6.74. The lowest BCUT2D eigenvalue weighted by Gasteiger charge is -2.45. The molecule has 0 aromatic heterocycles. The van der Waals surface area contributed by atoms with Crippen LogP contribution < -0.4 is 0 Å². The minimum Gasteiger partial charge on any atom is -0.396 e. The lowest BCUT2D eigenvalue weighted by atomic mass is 9.70. The molecule has 8 heteroatoms. The molecule has 2 bridgehead atoms. The molecule has 3 aliphatic heterocycles. The minimum atomic E-state index is -1.01. The molecule has 8 nitrogen and oxygen atoms in total. The Morgan fingerprint density at radius 2 is 1.73 bits per heavy atom. The third-order valence-electron chi connectivity index (χ3n) is 9.05. The van der Waals surface area contributed by atoms with Crippen molar-refractivity contribution in [3.63, 3.8) is 0 Å². The lowest BCUT2D eigenvalue weighted by Crippen LogP contribution is -2.61. The Balaban J connectivity index is 2.03. The van der Waals surface area contributed by atoms with E-state index in [2.05, 4.69) is 47.8 Å². The van der Waals surface area contributed by atoms with Crippen LogP contribution >= 0.6 is 0 Å². The maximum absolute atomic E-state index is 14.8. The van der Waals surface area contributed by atoms with Gasteiger partial charge in [0.05, 0.1) is 17.9 Å². The molecule has 3 fully saturated rings. The second-order valence-electron chi connectivity index (χ2n) is 14.1. The second kappa shape index (κ2) is 13.4. The van der Waals surface area contributed by atoms with Gasteiger partial charge in [-0.05, 0) is 57.8 Å². The third-order valence-corrected chi connectivity index (χ3v) is 9.05. The van der Waals surface area contributed by atoms with Gasteiger partial charge in [0, 0.05) is 38.3 Å². The molecule has 0 aliphatic carbocycles. The number of nitrogens with zero attached hydrogens (tertiary/aromatic N) is 3. The quantitative estimate of drug-likeness (QED) is 0.216. The van der Waals surface area contributed by atoms with E-state index in [4.69, 9.17) is 4.74 Å². The first kappa shape index (κ1) is 33.3. The highest BCUT2D eigenvalue weighted by Gasteiger charge is 2.75. The molecule has 41 heavy (non-hydrogen) atoms. The predicted octanol–water partition coefficient (Wildman–Crippen LogP) is 4.57. The number of fused-ring (bicyclic) bond motifs is 1. The SMILES string of the molecule is C=CCN(CCC)C(=O)[C@@H]1[C@@H]2CCC3(O2)C(C(=O)N(CC=C)C(C)(C)CC(C)(C)C)N(CCCCCCO)C(=O)[C@H]13. The Morgan fingerprint density at radius 1 is 1.07 bits per heavy atom. The van der Waals surface area contributed by atoms with Gasteiger partial charge in [0.2, 0.25) is 17.7 Å². The van der Waals surface area contributed by atoms with Crippen molar-refractivity contribution in [3.05, 3.63) is 25.3 Å². The zero-order chi connectivity index (χ0) is 30.6. The summed E-state index contributed by atoms with van der Waals surface area (Å²) in [6.45, 7) is 22.4. The molecule has 3 amide bonds. The number of unbranched alkanes of at least 4 members (excludes halogenated alkanes) is 3. The van der Waals surface area contributed by atoms with Crippen LogP contribution in [0.25, 0.3) is 0 Å². The standard InChI is InChI=1S/C33H55N3O5/c1-9-18-34(19-10-2)28(38)25-24-16-17-33(41-24)26(25)29(39)35(21-14-12-13-15-22-37)27(33)30(40)36(20-11-3)32(7,8)23-31(4,5)6/h9,11,24-27,37H,1,3,10,12-23H2,2,4-8H3/t24-,25+,26-,27?,33?/m0/s1. The fourth-order valence-corrected chi connectivity index (χ4v) is 7.94. The van der Waals surface area contributed by atoms with E-state index in [1.54, 1.807) is 22.0 Å². The number of ether oxygens (including phenoxy) is 1. The highest BCUT2D eigenvalue weighted by molar-refractivity contribution is 5.99.